The Hall–Kier alpha value is -2.05. The number of hydrogen-bond donors (Lipinski definition) is 0. The molecule has 0 saturated carbocycles. The van der Waals surface area contributed by atoms with Crippen molar-refractivity contribution in [3.05, 3.63) is 35.4 Å². The first kappa shape index (κ1) is 15.0. The average Bonchev–Trinajstić information content (AvgIpc) is 2.33. The van der Waals surface area contributed by atoms with Crippen molar-refractivity contribution in [3.63, 3.8) is 0 Å². The topological polar surface area (TPSA) is 66.4 Å². The molecular formula is C12H10F3O4-. The molecule has 4 nitrogen and oxygen atoms in total. The highest BCUT2D eigenvalue weighted by molar-refractivity contribution is 5.75. The van der Waals surface area contributed by atoms with Crippen LogP contribution in [0.4, 0.5) is 13.2 Å². The van der Waals surface area contributed by atoms with Gasteiger partial charge in [-0.2, -0.15) is 13.2 Å². The van der Waals surface area contributed by atoms with Crippen molar-refractivity contribution in [1.82, 2.24) is 0 Å². The fourth-order valence-electron chi connectivity index (χ4n) is 1.23. The van der Waals surface area contributed by atoms with Crippen molar-refractivity contribution in [1.29, 1.82) is 0 Å². The van der Waals surface area contributed by atoms with E-state index in [4.69, 9.17) is 4.74 Å². The Morgan fingerprint density at radius 2 is 1.68 bits per heavy atom. The Bertz CT molecular complexity index is 451. The van der Waals surface area contributed by atoms with Crippen molar-refractivity contribution in [2.45, 2.75) is 25.6 Å². The molecule has 0 amide bonds. The predicted octanol–water partition coefficient (Wildman–Crippen LogP) is 1.28. The van der Waals surface area contributed by atoms with Gasteiger partial charge in [-0.25, -0.2) is 0 Å². The van der Waals surface area contributed by atoms with Crippen LogP contribution in [0.2, 0.25) is 0 Å². The molecule has 7 heteroatoms. The third kappa shape index (κ3) is 5.41. The van der Waals surface area contributed by atoms with Crippen LogP contribution in [0.3, 0.4) is 0 Å². The van der Waals surface area contributed by atoms with E-state index >= 15 is 0 Å². The van der Waals surface area contributed by atoms with Gasteiger partial charge in [0.25, 0.3) is 0 Å². The van der Waals surface area contributed by atoms with E-state index in [2.05, 4.69) is 0 Å². The number of hydrogen-bond acceptors (Lipinski definition) is 4. The highest BCUT2D eigenvalue weighted by Gasteiger charge is 2.29. The maximum atomic E-state index is 12.3. The lowest BCUT2D eigenvalue weighted by molar-refractivity contribution is -0.305. The zero-order chi connectivity index (χ0) is 14.5. The summed E-state index contributed by atoms with van der Waals surface area (Å²) in [6, 6.07) is 4.14. The molecule has 19 heavy (non-hydrogen) atoms. The Morgan fingerprint density at radius 1 is 1.11 bits per heavy atom. The van der Waals surface area contributed by atoms with E-state index in [-0.39, 0.29) is 13.0 Å². The lowest BCUT2D eigenvalue weighted by Gasteiger charge is -2.08. The van der Waals surface area contributed by atoms with Gasteiger partial charge in [-0.05, 0) is 24.1 Å². The number of carboxylic acids is 1. The monoisotopic (exact) mass is 275 g/mol. The van der Waals surface area contributed by atoms with Gasteiger partial charge in [0.05, 0.1) is 12.0 Å². The van der Waals surface area contributed by atoms with E-state index in [9.17, 15) is 27.9 Å². The van der Waals surface area contributed by atoms with Gasteiger partial charge in [0.1, 0.15) is 6.61 Å². The normalized spacial score (nSPS) is 11.1. The lowest BCUT2D eigenvalue weighted by atomic mass is 10.1. The summed E-state index contributed by atoms with van der Waals surface area (Å²) in [4.78, 5) is 21.1. The van der Waals surface area contributed by atoms with E-state index in [0.717, 1.165) is 12.1 Å². The molecule has 0 N–H and O–H groups in total. The first-order valence-electron chi connectivity index (χ1n) is 5.30. The van der Waals surface area contributed by atoms with Crippen molar-refractivity contribution in [2.24, 2.45) is 0 Å². The van der Waals surface area contributed by atoms with Gasteiger partial charge in [0.15, 0.2) is 0 Å². The Balaban J connectivity index is 2.46. The maximum Gasteiger partial charge on any atom is 0.416 e. The van der Waals surface area contributed by atoms with Gasteiger partial charge in [-0.1, -0.05) is 12.1 Å². The molecule has 0 radical (unpaired) electrons. The second-order valence-electron chi connectivity index (χ2n) is 3.73. The van der Waals surface area contributed by atoms with Crippen LogP contribution in [0.15, 0.2) is 24.3 Å². The van der Waals surface area contributed by atoms with Crippen LogP contribution in [0.1, 0.15) is 24.0 Å². The molecule has 1 aromatic carbocycles. The van der Waals surface area contributed by atoms with Gasteiger partial charge < -0.3 is 14.6 Å². The van der Waals surface area contributed by atoms with Crippen LogP contribution in [-0.2, 0) is 27.1 Å². The molecular weight excluding hydrogens is 265 g/mol. The number of ether oxygens (including phenoxy) is 1. The Labute approximate surface area is 106 Å². The average molecular weight is 275 g/mol. The third-order valence-electron chi connectivity index (χ3n) is 2.21. The molecule has 1 aromatic rings. The highest BCUT2D eigenvalue weighted by Crippen LogP contribution is 2.29. The highest BCUT2D eigenvalue weighted by atomic mass is 19.4. The SMILES string of the molecule is O=C([O-])CCC(=O)OCc1ccc(C(F)(F)F)cc1. The molecule has 0 aliphatic rings. The molecule has 0 bridgehead atoms. The lowest BCUT2D eigenvalue weighted by Crippen LogP contribution is -2.23. The number of carboxylic acid groups (broad SMARTS) is 1. The van der Waals surface area contributed by atoms with E-state index in [0.29, 0.717) is 5.56 Å². The van der Waals surface area contributed by atoms with Gasteiger partial charge in [0, 0.05) is 5.97 Å². The number of alkyl halides is 3. The number of carbonyl (C=O) groups is 2. The fourth-order valence-corrected chi connectivity index (χ4v) is 1.23. The summed E-state index contributed by atoms with van der Waals surface area (Å²) in [6.07, 6.45) is -5.20. The van der Waals surface area contributed by atoms with E-state index < -0.39 is 30.1 Å². The van der Waals surface area contributed by atoms with Crippen LogP contribution >= 0.6 is 0 Å². The molecule has 0 aromatic heterocycles. The molecule has 0 spiro atoms. The first-order valence-corrected chi connectivity index (χ1v) is 5.30. The standard InChI is InChI=1S/C12H11F3O4/c13-12(14,15)9-3-1-8(2-4-9)7-19-11(18)6-5-10(16)17/h1-4H,5-7H2,(H,16,17)/p-1. The second kappa shape index (κ2) is 6.21. The molecule has 0 atom stereocenters. The van der Waals surface area contributed by atoms with E-state index in [1.807, 2.05) is 0 Å². The minimum Gasteiger partial charge on any atom is -0.550 e. The summed E-state index contributed by atoms with van der Waals surface area (Å²) in [5.41, 5.74) is -0.408. The molecule has 104 valence electrons. The summed E-state index contributed by atoms with van der Waals surface area (Å²) in [5, 5.41) is 10.1. The molecule has 0 fully saturated rings. The molecule has 0 saturated heterocycles. The number of benzene rings is 1. The van der Waals surface area contributed by atoms with Gasteiger partial charge in [-0.15, -0.1) is 0 Å². The number of aliphatic carboxylic acids is 1. The van der Waals surface area contributed by atoms with E-state index in [1.54, 1.807) is 0 Å². The Kier molecular flexibility index (Phi) is 4.91. The smallest absolute Gasteiger partial charge is 0.416 e. The quantitative estimate of drug-likeness (QED) is 0.759. The van der Waals surface area contributed by atoms with Gasteiger partial charge in [0.2, 0.25) is 0 Å². The fraction of sp³-hybridized carbons (Fsp3) is 0.333. The van der Waals surface area contributed by atoms with E-state index in [1.165, 1.54) is 12.1 Å². The summed E-state index contributed by atoms with van der Waals surface area (Å²) in [6.45, 7) is -0.204. The second-order valence-corrected chi connectivity index (χ2v) is 3.73. The van der Waals surface area contributed by atoms with Crippen LogP contribution in [0.5, 0.6) is 0 Å². The minimum absolute atomic E-state index is 0.204. The minimum atomic E-state index is -4.41. The number of esters is 1. The van der Waals surface area contributed by atoms with Crippen molar-refractivity contribution < 1.29 is 32.6 Å². The number of carbonyl (C=O) groups excluding carboxylic acids is 2. The van der Waals surface area contributed by atoms with Crippen LogP contribution < -0.4 is 5.11 Å². The largest absolute Gasteiger partial charge is 0.550 e. The van der Waals surface area contributed by atoms with Crippen molar-refractivity contribution >= 4 is 11.9 Å². The summed E-state index contributed by atoms with van der Waals surface area (Å²) < 4.78 is 41.5. The summed E-state index contributed by atoms with van der Waals surface area (Å²) >= 11 is 0. The zero-order valence-corrected chi connectivity index (χ0v) is 9.70. The van der Waals surface area contributed by atoms with Crippen molar-refractivity contribution in [2.75, 3.05) is 0 Å². The van der Waals surface area contributed by atoms with Crippen LogP contribution in [0, 0.1) is 0 Å². The molecule has 0 unspecified atom stereocenters. The van der Waals surface area contributed by atoms with Crippen LogP contribution in [0.25, 0.3) is 0 Å². The van der Waals surface area contributed by atoms with Crippen LogP contribution in [-0.4, -0.2) is 11.9 Å². The van der Waals surface area contributed by atoms with Gasteiger partial charge >= 0.3 is 12.1 Å². The third-order valence-corrected chi connectivity index (χ3v) is 2.21. The number of halogens is 3. The van der Waals surface area contributed by atoms with Crippen molar-refractivity contribution in [3.8, 4) is 0 Å². The van der Waals surface area contributed by atoms with Gasteiger partial charge in [-0.3, -0.25) is 4.79 Å². The molecule has 0 heterocycles. The summed E-state index contributed by atoms with van der Waals surface area (Å²) in [7, 11) is 0. The molecule has 1 rings (SSSR count). The first-order chi connectivity index (χ1) is 8.79. The molecule has 0 aliphatic carbocycles. The maximum absolute atomic E-state index is 12.3. The Morgan fingerprint density at radius 3 is 2.16 bits per heavy atom. The predicted molar refractivity (Wildman–Crippen MR) is 55.5 cm³/mol. The molecule has 0 aliphatic heterocycles. The summed E-state index contributed by atoms with van der Waals surface area (Å²) in [5.74, 6) is -2.12. The zero-order valence-electron chi connectivity index (χ0n) is 9.70. The number of rotatable bonds is 5.